The number of hydrogen-bond donors (Lipinski definition) is 0. The summed E-state index contributed by atoms with van der Waals surface area (Å²) in [6.45, 7) is 3.10. The topological polar surface area (TPSA) is 24.7 Å². The molecule has 0 heterocycles. The minimum atomic E-state index is -0.451. The molecule has 0 aliphatic heterocycles. The summed E-state index contributed by atoms with van der Waals surface area (Å²) in [6.07, 6.45) is 0. The van der Waals surface area contributed by atoms with Crippen LogP contribution in [0.2, 0.25) is 0 Å². The smallest absolute Gasteiger partial charge is 0.230 e. The van der Waals surface area contributed by atoms with Gasteiger partial charge in [0.05, 0.1) is 0 Å². The lowest BCUT2D eigenvalue weighted by molar-refractivity contribution is 0.930. The Labute approximate surface area is 38.8 Å². The lowest BCUT2D eigenvalue weighted by atomic mass is 11.8. The van der Waals surface area contributed by atoms with Gasteiger partial charge >= 0.3 is 0 Å². The lowest BCUT2D eigenvalue weighted by Gasteiger charge is -1.68. The molecule has 0 spiro atoms. The van der Waals surface area contributed by atoms with E-state index in [1.807, 2.05) is 0 Å². The quantitative estimate of drug-likeness (QED) is 0.398. The molecule has 0 aliphatic rings. The van der Waals surface area contributed by atoms with Crippen molar-refractivity contribution < 1.29 is 4.20 Å². The fourth-order valence-corrected chi connectivity index (χ4v) is 0.437. The van der Waals surface area contributed by atoms with Crippen molar-refractivity contribution in [2.45, 2.75) is 0 Å². The van der Waals surface area contributed by atoms with E-state index in [2.05, 4.69) is 16.0 Å². The van der Waals surface area contributed by atoms with Crippen molar-refractivity contribution in [2.75, 3.05) is 0 Å². The highest BCUT2D eigenvalue weighted by atomic mass is 31.1. The maximum atomic E-state index is 10.9. The number of nitrogens with zero attached hydrogens (tertiary/aromatic N) is 2. The molecule has 0 aromatic rings. The SMILES string of the molecule is C=NPN=PF. The summed E-state index contributed by atoms with van der Waals surface area (Å²) in [5.74, 6) is 0. The van der Waals surface area contributed by atoms with E-state index >= 15 is 0 Å². The van der Waals surface area contributed by atoms with E-state index < -0.39 is 8.68 Å². The molecule has 5 heteroatoms. The number of hydrogen-bond acceptors (Lipinski definition) is 2. The molecule has 2 nitrogen and oxygen atoms in total. The van der Waals surface area contributed by atoms with Crippen LogP contribution in [0.25, 0.3) is 0 Å². The van der Waals surface area contributed by atoms with Gasteiger partial charge in [-0.2, -0.15) is 8.71 Å². The zero-order valence-electron chi connectivity index (χ0n) is 2.93. The summed E-state index contributed by atoms with van der Waals surface area (Å²) in [6, 6.07) is 0. The van der Waals surface area contributed by atoms with Gasteiger partial charge in [-0.25, -0.2) is 0 Å². The molecule has 0 saturated heterocycles. The molecule has 0 N–H and O–H groups in total. The van der Waals surface area contributed by atoms with Crippen LogP contribution in [0.5, 0.6) is 0 Å². The Balaban J connectivity index is 2.85. The molecular formula is CH3FN2P2. The normalized spacial score (nSPS) is 11.5. The van der Waals surface area contributed by atoms with Crippen LogP contribution in [0.4, 0.5) is 4.20 Å². The van der Waals surface area contributed by atoms with E-state index in [0.717, 1.165) is 0 Å². The first-order chi connectivity index (χ1) is 2.91. The summed E-state index contributed by atoms with van der Waals surface area (Å²) in [7, 11) is -0.485. The maximum absolute atomic E-state index is 10.9. The largest absolute Gasteiger partial charge is 0.255 e. The molecule has 0 aromatic heterocycles. The van der Waals surface area contributed by atoms with Crippen molar-refractivity contribution in [3.05, 3.63) is 0 Å². The average Bonchev–Trinajstić information content (AvgIpc) is 1.61. The van der Waals surface area contributed by atoms with Crippen molar-refractivity contribution in [3.63, 3.8) is 0 Å². The van der Waals surface area contributed by atoms with E-state index in [1.165, 1.54) is 0 Å². The van der Waals surface area contributed by atoms with Crippen LogP contribution in [0.3, 0.4) is 0 Å². The highest BCUT2D eigenvalue weighted by Gasteiger charge is 1.61. The summed E-state index contributed by atoms with van der Waals surface area (Å²) in [5.41, 5.74) is 0. The van der Waals surface area contributed by atoms with Gasteiger partial charge in [-0.15, -0.1) is 0 Å². The van der Waals surface area contributed by atoms with Gasteiger partial charge in [0.2, 0.25) is 8.68 Å². The maximum Gasteiger partial charge on any atom is 0.230 e. The molecule has 0 radical (unpaired) electrons. The van der Waals surface area contributed by atoms with Gasteiger partial charge in [-0.3, -0.25) is 4.76 Å². The second-order valence-corrected chi connectivity index (χ2v) is 1.90. The fraction of sp³-hybridized carbons (Fsp3) is 0. The van der Waals surface area contributed by atoms with Gasteiger partial charge < -0.3 is 0 Å². The van der Waals surface area contributed by atoms with Crippen molar-refractivity contribution in [1.29, 1.82) is 0 Å². The molecule has 1 unspecified atom stereocenters. The zero-order valence-corrected chi connectivity index (χ0v) is 4.82. The van der Waals surface area contributed by atoms with Crippen LogP contribution < -0.4 is 0 Å². The standard InChI is InChI=1S/CH3FN2P2/c1-3-6-4-5-2/h6H,1H2. The van der Waals surface area contributed by atoms with E-state index in [-0.39, 0.29) is 8.88 Å². The van der Waals surface area contributed by atoms with Crippen molar-refractivity contribution in [3.8, 4) is 0 Å². The molecule has 0 bridgehead atoms. The summed E-state index contributed by atoms with van der Waals surface area (Å²) in [5, 5.41) is 0. The Hall–Kier alpha value is 0.130. The van der Waals surface area contributed by atoms with Crippen LogP contribution in [0.1, 0.15) is 0 Å². The van der Waals surface area contributed by atoms with E-state index in [1.54, 1.807) is 0 Å². The van der Waals surface area contributed by atoms with Gasteiger partial charge in [0, 0.05) is 0 Å². The Morgan fingerprint density at radius 2 is 2.50 bits per heavy atom. The van der Waals surface area contributed by atoms with Crippen LogP contribution in [-0.2, 0) is 0 Å². The molecule has 0 rings (SSSR count). The second-order valence-electron chi connectivity index (χ2n) is 0.434. The Bertz CT molecular complexity index is 62.6. The third-order valence-corrected chi connectivity index (χ3v) is 0.955. The van der Waals surface area contributed by atoms with Gasteiger partial charge in [-0.1, -0.05) is 0 Å². The van der Waals surface area contributed by atoms with E-state index in [9.17, 15) is 4.20 Å². The predicted molar refractivity (Wildman–Crippen MR) is 28.3 cm³/mol. The monoisotopic (exact) mass is 124 g/mol. The van der Waals surface area contributed by atoms with Gasteiger partial charge in [0.1, 0.15) is 8.88 Å². The highest BCUT2D eigenvalue weighted by molar-refractivity contribution is 7.42. The average molecular weight is 124 g/mol. The van der Waals surface area contributed by atoms with Crippen LogP contribution in [0, 0.1) is 0 Å². The van der Waals surface area contributed by atoms with Crippen molar-refractivity contribution in [2.24, 2.45) is 9.28 Å². The molecule has 1 atom stereocenters. The summed E-state index contributed by atoms with van der Waals surface area (Å²) >= 11 is 0. The lowest BCUT2D eigenvalue weighted by Crippen LogP contribution is -1.22. The van der Waals surface area contributed by atoms with Gasteiger partial charge in [-0.05, 0) is 6.72 Å². The fourth-order valence-electron chi connectivity index (χ4n) is 0.0485. The molecule has 0 saturated carbocycles. The molecule has 0 aliphatic carbocycles. The van der Waals surface area contributed by atoms with E-state index in [0.29, 0.717) is 0 Å². The van der Waals surface area contributed by atoms with Crippen LogP contribution in [0.15, 0.2) is 9.28 Å². The van der Waals surface area contributed by atoms with Crippen molar-refractivity contribution in [1.82, 2.24) is 0 Å². The summed E-state index contributed by atoms with van der Waals surface area (Å²) < 4.78 is 17.4. The van der Waals surface area contributed by atoms with Crippen molar-refractivity contribution >= 4 is 24.3 Å². The molecule has 0 amide bonds. The summed E-state index contributed by atoms with van der Waals surface area (Å²) in [4.78, 5) is 0. The Kier molecular flexibility index (Phi) is 5.24. The van der Waals surface area contributed by atoms with Gasteiger partial charge in [0.25, 0.3) is 0 Å². The van der Waals surface area contributed by atoms with E-state index in [4.69, 9.17) is 0 Å². The third-order valence-electron chi connectivity index (χ3n) is 0.153. The van der Waals surface area contributed by atoms with Gasteiger partial charge in [0.15, 0.2) is 0 Å². The third kappa shape index (κ3) is 4.13. The Morgan fingerprint density at radius 3 is 2.67 bits per heavy atom. The molecular weight excluding hydrogens is 121 g/mol. The predicted octanol–water partition coefficient (Wildman–Crippen LogP) is 2.21. The highest BCUT2D eigenvalue weighted by Crippen LogP contribution is 2.18. The zero-order chi connectivity index (χ0) is 4.83. The van der Waals surface area contributed by atoms with Crippen LogP contribution in [-0.4, -0.2) is 6.72 Å². The molecule has 0 aromatic carbocycles. The molecule has 0 fully saturated rings. The minimum absolute atomic E-state index is 0.0336. The molecule has 6 heavy (non-hydrogen) atoms. The minimum Gasteiger partial charge on any atom is -0.255 e. The van der Waals surface area contributed by atoms with Crippen LogP contribution >= 0.6 is 17.6 Å². The first-order valence-corrected chi connectivity index (χ1v) is 2.76. The number of rotatable bonds is 2. The number of halogens is 1. The Morgan fingerprint density at radius 1 is 1.83 bits per heavy atom. The second kappa shape index (κ2) is 5.13. The molecule has 34 valence electrons. The first-order valence-electron chi connectivity index (χ1n) is 1.13. The first kappa shape index (κ1) is 6.13.